The summed E-state index contributed by atoms with van der Waals surface area (Å²) in [6.07, 6.45) is 4.14. The van der Waals surface area contributed by atoms with Crippen LogP contribution in [-0.4, -0.2) is 24.5 Å². The molecule has 0 saturated heterocycles. The zero-order valence-electron chi connectivity index (χ0n) is 13.2. The van der Waals surface area contributed by atoms with Crippen LogP contribution in [0.2, 0.25) is 0 Å². The molecule has 0 radical (unpaired) electrons. The Hall–Kier alpha value is -0.890. The van der Waals surface area contributed by atoms with Gasteiger partial charge >= 0.3 is 0 Å². The molecule has 0 N–H and O–H groups in total. The van der Waals surface area contributed by atoms with Crippen LogP contribution < -0.4 is 0 Å². The lowest BCUT2D eigenvalue weighted by molar-refractivity contribution is -0.0196. The molecule has 5 aliphatic rings. The smallest absolute Gasteiger partial charge is 0.123 e. The molecule has 0 aromatic heterocycles. The Kier molecular flexibility index (Phi) is 2.25. The molecule has 5 fully saturated rings. The van der Waals surface area contributed by atoms with Crippen molar-refractivity contribution in [3.8, 4) is 0 Å². The molecule has 1 nitrogen and oxygen atoms in total. The van der Waals surface area contributed by atoms with Gasteiger partial charge in [0.15, 0.2) is 0 Å². The second kappa shape index (κ2) is 3.95. The lowest BCUT2D eigenvalue weighted by Gasteiger charge is -2.50. The number of fused-ring (bicyclic) bond motifs is 2. The lowest BCUT2D eigenvalue weighted by Crippen LogP contribution is -2.52. The van der Waals surface area contributed by atoms with E-state index in [4.69, 9.17) is 0 Å². The van der Waals surface area contributed by atoms with Crippen LogP contribution in [0, 0.1) is 53.2 Å². The zero-order chi connectivity index (χ0) is 14.6. The minimum Gasteiger partial charge on any atom is -0.302 e. The van der Waals surface area contributed by atoms with Crippen molar-refractivity contribution in [1.82, 2.24) is 4.90 Å². The van der Waals surface area contributed by atoms with Crippen LogP contribution >= 0.6 is 0 Å². The highest BCUT2D eigenvalue weighted by atomic mass is 19.1. The van der Waals surface area contributed by atoms with E-state index in [-0.39, 0.29) is 5.82 Å². The second-order valence-electron chi connectivity index (χ2n) is 8.79. The van der Waals surface area contributed by atoms with Gasteiger partial charge in [-0.15, -0.1) is 0 Å². The van der Waals surface area contributed by atoms with Crippen molar-refractivity contribution in [3.05, 3.63) is 35.6 Å². The molecule has 0 unspecified atom stereocenters. The van der Waals surface area contributed by atoms with Crippen molar-refractivity contribution in [1.29, 1.82) is 0 Å². The minimum absolute atomic E-state index is 0.0965. The molecule has 0 spiro atoms. The van der Waals surface area contributed by atoms with Gasteiger partial charge in [-0.2, -0.15) is 0 Å². The predicted octanol–water partition coefficient (Wildman–Crippen LogP) is 3.45. The molecular weight excluding hydrogens is 273 g/mol. The van der Waals surface area contributed by atoms with E-state index < -0.39 is 0 Å². The first-order chi connectivity index (χ1) is 10.7. The molecule has 0 amide bonds. The molecule has 1 aromatic rings. The third-order valence-electron chi connectivity index (χ3n) is 8.43. The van der Waals surface area contributed by atoms with Crippen LogP contribution in [0.1, 0.15) is 18.4 Å². The molecule has 6 rings (SSSR count). The highest BCUT2D eigenvalue weighted by Gasteiger charge is 2.80. The Morgan fingerprint density at radius 3 is 2.59 bits per heavy atom. The maximum atomic E-state index is 13.3. The zero-order valence-corrected chi connectivity index (χ0v) is 13.2. The molecule has 1 aromatic carbocycles. The van der Waals surface area contributed by atoms with E-state index in [2.05, 4.69) is 18.0 Å². The van der Waals surface area contributed by atoms with Crippen molar-refractivity contribution < 1.29 is 4.39 Å². The molecule has 116 valence electrons. The first-order valence-corrected chi connectivity index (χ1v) is 9.19. The van der Waals surface area contributed by atoms with Gasteiger partial charge in [0.05, 0.1) is 0 Å². The molecule has 0 aliphatic heterocycles. The summed E-state index contributed by atoms with van der Waals surface area (Å²) >= 11 is 0. The van der Waals surface area contributed by atoms with E-state index in [1.807, 2.05) is 6.07 Å². The highest BCUT2D eigenvalue weighted by molar-refractivity contribution is 5.29. The largest absolute Gasteiger partial charge is 0.302 e. The van der Waals surface area contributed by atoms with Crippen LogP contribution in [0.25, 0.3) is 0 Å². The Morgan fingerprint density at radius 2 is 1.77 bits per heavy atom. The summed E-state index contributed by atoms with van der Waals surface area (Å²) in [5.41, 5.74) is 1.15. The monoisotopic (exact) mass is 297 g/mol. The molecule has 5 saturated carbocycles. The Labute approximate surface area is 131 Å². The van der Waals surface area contributed by atoms with Gasteiger partial charge < -0.3 is 4.90 Å². The van der Waals surface area contributed by atoms with E-state index in [9.17, 15) is 4.39 Å². The van der Waals surface area contributed by atoms with Gasteiger partial charge in [0.2, 0.25) is 0 Å². The first kappa shape index (κ1) is 12.5. The molecular formula is C20H24FN. The standard InChI is InChI=1S/C20H24FN/c1-22(6-5-10-3-2-4-11(21)7-10)20-17-13-9-14-16-12(13)8-15(17)18(16)19(14)20/h2-4,7,12-20H,5-6,8-9H2,1H3/t12-,13-,14+,15+,16+,17-,18-,19-,20-/m0/s1. The van der Waals surface area contributed by atoms with Crippen LogP contribution in [0.15, 0.2) is 24.3 Å². The summed E-state index contributed by atoms with van der Waals surface area (Å²) in [5.74, 6) is 8.60. The van der Waals surface area contributed by atoms with Crippen LogP contribution in [0.3, 0.4) is 0 Å². The van der Waals surface area contributed by atoms with E-state index in [0.29, 0.717) is 0 Å². The minimum atomic E-state index is -0.0965. The third kappa shape index (κ3) is 1.28. The average molecular weight is 297 g/mol. The van der Waals surface area contributed by atoms with Gasteiger partial charge in [-0.3, -0.25) is 0 Å². The molecule has 2 heteroatoms. The summed E-state index contributed by atoms with van der Waals surface area (Å²) < 4.78 is 13.3. The van der Waals surface area contributed by atoms with Crippen molar-refractivity contribution >= 4 is 0 Å². The summed E-state index contributed by atoms with van der Waals surface area (Å²) in [6, 6.07) is 8.01. The molecule has 22 heavy (non-hydrogen) atoms. The van der Waals surface area contributed by atoms with E-state index in [1.165, 1.54) is 0 Å². The summed E-state index contributed by atoms with van der Waals surface area (Å²) in [7, 11) is 2.34. The number of hydrogen-bond donors (Lipinski definition) is 0. The Bertz CT molecular complexity index is 636. The predicted molar refractivity (Wildman–Crippen MR) is 83.7 cm³/mol. The number of hydrogen-bond acceptors (Lipinski definition) is 1. The highest BCUT2D eigenvalue weighted by Crippen LogP contribution is 2.83. The van der Waals surface area contributed by atoms with Crippen molar-refractivity contribution in [2.24, 2.45) is 47.3 Å². The third-order valence-corrected chi connectivity index (χ3v) is 8.43. The Morgan fingerprint density at radius 1 is 1.00 bits per heavy atom. The van der Waals surface area contributed by atoms with Gasteiger partial charge in [0.1, 0.15) is 5.82 Å². The van der Waals surface area contributed by atoms with Crippen LogP contribution in [-0.2, 0) is 6.42 Å². The van der Waals surface area contributed by atoms with E-state index in [0.717, 1.165) is 71.9 Å². The lowest BCUT2D eigenvalue weighted by atomic mass is 9.58. The van der Waals surface area contributed by atoms with Gasteiger partial charge in [0, 0.05) is 12.6 Å². The fraction of sp³-hybridized carbons (Fsp3) is 0.700. The second-order valence-corrected chi connectivity index (χ2v) is 8.79. The summed E-state index contributed by atoms with van der Waals surface area (Å²) in [5, 5.41) is 0. The Balaban J connectivity index is 1.22. The topological polar surface area (TPSA) is 3.24 Å². The van der Waals surface area contributed by atoms with Crippen LogP contribution in [0.5, 0.6) is 0 Å². The van der Waals surface area contributed by atoms with Crippen molar-refractivity contribution in [3.63, 3.8) is 0 Å². The fourth-order valence-electron chi connectivity index (χ4n) is 8.16. The quantitative estimate of drug-likeness (QED) is 0.823. The summed E-state index contributed by atoms with van der Waals surface area (Å²) in [6.45, 7) is 1.09. The van der Waals surface area contributed by atoms with Crippen molar-refractivity contribution in [2.45, 2.75) is 25.3 Å². The molecule has 9 atom stereocenters. The number of likely N-dealkylation sites (N-methyl/N-ethyl adjacent to an activating group) is 1. The van der Waals surface area contributed by atoms with Crippen LogP contribution in [0.4, 0.5) is 4.39 Å². The van der Waals surface area contributed by atoms with E-state index in [1.54, 1.807) is 25.0 Å². The maximum absolute atomic E-state index is 13.3. The average Bonchev–Trinajstić information content (AvgIpc) is 3.04. The normalized spacial score (nSPS) is 52.0. The number of rotatable bonds is 4. The number of halogens is 1. The number of benzene rings is 1. The maximum Gasteiger partial charge on any atom is 0.123 e. The van der Waals surface area contributed by atoms with Gasteiger partial charge in [0.25, 0.3) is 0 Å². The van der Waals surface area contributed by atoms with E-state index >= 15 is 0 Å². The number of nitrogens with zero attached hydrogens (tertiary/aromatic N) is 1. The van der Waals surface area contributed by atoms with Gasteiger partial charge in [-0.25, -0.2) is 4.39 Å². The fourth-order valence-corrected chi connectivity index (χ4v) is 8.16. The van der Waals surface area contributed by atoms with Crippen molar-refractivity contribution in [2.75, 3.05) is 13.6 Å². The van der Waals surface area contributed by atoms with Gasteiger partial charge in [-0.1, -0.05) is 12.1 Å². The van der Waals surface area contributed by atoms with Gasteiger partial charge in [-0.05, 0) is 91.3 Å². The SMILES string of the molecule is CN(CCc1cccc(F)c1)[C@H]1[C@H]2[C@H]3C[C@@H]4[C@H]5[C@H]3C[C@H]2[C@@H]5[C@H]41. The molecule has 0 heterocycles. The molecule has 2 bridgehead atoms. The summed E-state index contributed by atoms with van der Waals surface area (Å²) in [4.78, 5) is 2.66. The molecule has 5 aliphatic carbocycles. The first-order valence-electron chi connectivity index (χ1n) is 9.19.